The molecule has 9 heteroatoms. The highest BCUT2D eigenvalue weighted by molar-refractivity contribution is 8.15. The van der Waals surface area contributed by atoms with Crippen LogP contribution in [0.15, 0.2) is 53.6 Å². The molecular formula is C23H24N4O4S. The number of fused-ring (bicyclic) bond motifs is 2. The van der Waals surface area contributed by atoms with Gasteiger partial charge in [-0.3, -0.25) is 14.4 Å². The molecule has 0 aliphatic carbocycles. The van der Waals surface area contributed by atoms with Crippen LogP contribution in [0.4, 0.5) is 5.69 Å². The van der Waals surface area contributed by atoms with Gasteiger partial charge in [0.1, 0.15) is 5.75 Å². The highest BCUT2D eigenvalue weighted by Crippen LogP contribution is 2.54. The van der Waals surface area contributed by atoms with E-state index < -0.39 is 10.8 Å². The lowest BCUT2D eigenvalue weighted by Crippen LogP contribution is -2.48. The van der Waals surface area contributed by atoms with Crippen LogP contribution in [-0.2, 0) is 25.8 Å². The molecule has 32 heavy (non-hydrogen) atoms. The van der Waals surface area contributed by atoms with E-state index in [1.807, 2.05) is 62.4 Å². The van der Waals surface area contributed by atoms with Crippen molar-refractivity contribution in [1.82, 2.24) is 10.3 Å². The topological polar surface area (TPSA) is 91.3 Å². The molecule has 0 saturated heterocycles. The number of nitrogens with zero attached hydrogens (tertiary/aromatic N) is 3. The Morgan fingerprint density at radius 1 is 1.12 bits per heavy atom. The Balaban J connectivity index is 1.77. The summed E-state index contributed by atoms with van der Waals surface area (Å²) in [6, 6.07) is 14.9. The first-order valence-electron chi connectivity index (χ1n) is 10.3. The lowest BCUT2D eigenvalue weighted by Gasteiger charge is -2.29. The van der Waals surface area contributed by atoms with Crippen molar-refractivity contribution in [3.8, 4) is 5.75 Å². The highest BCUT2D eigenvalue weighted by atomic mass is 32.2. The molecule has 166 valence electrons. The number of nitrogens with one attached hydrogen (secondary N) is 1. The van der Waals surface area contributed by atoms with Crippen LogP contribution in [0.2, 0.25) is 0 Å². The molecule has 0 saturated carbocycles. The Labute approximate surface area is 190 Å². The minimum atomic E-state index is -1.41. The Morgan fingerprint density at radius 3 is 2.50 bits per heavy atom. The average molecular weight is 453 g/mol. The Bertz CT molecular complexity index is 1130. The number of benzene rings is 2. The van der Waals surface area contributed by atoms with Gasteiger partial charge in [0.05, 0.1) is 18.3 Å². The summed E-state index contributed by atoms with van der Waals surface area (Å²) in [4.78, 5) is 38.3. The monoisotopic (exact) mass is 452 g/mol. The zero-order chi connectivity index (χ0) is 23.0. The van der Waals surface area contributed by atoms with Gasteiger partial charge in [0.25, 0.3) is 5.91 Å². The number of hydrogen-bond donors (Lipinski definition) is 1. The van der Waals surface area contributed by atoms with Crippen molar-refractivity contribution in [1.29, 1.82) is 0 Å². The molecule has 2 aromatic rings. The smallest absolute Gasteiger partial charge is 0.271 e. The average Bonchev–Trinajstić information content (AvgIpc) is 3.21. The van der Waals surface area contributed by atoms with E-state index in [4.69, 9.17) is 4.74 Å². The van der Waals surface area contributed by atoms with Crippen molar-refractivity contribution in [3.05, 3.63) is 59.7 Å². The first kappa shape index (κ1) is 21.9. The molecule has 0 radical (unpaired) electrons. The normalized spacial score (nSPS) is 19.4. The molecule has 3 amide bonds. The van der Waals surface area contributed by atoms with Gasteiger partial charge in [-0.15, -0.1) is 5.10 Å². The fourth-order valence-electron chi connectivity index (χ4n) is 3.90. The molecular weight excluding hydrogens is 428 g/mol. The second-order valence-corrected chi connectivity index (χ2v) is 9.03. The van der Waals surface area contributed by atoms with Gasteiger partial charge >= 0.3 is 0 Å². The summed E-state index contributed by atoms with van der Waals surface area (Å²) < 4.78 is 5.94. The Kier molecular flexibility index (Phi) is 5.68. The number of para-hydroxylation sites is 2. The van der Waals surface area contributed by atoms with Crippen molar-refractivity contribution in [2.24, 2.45) is 5.10 Å². The van der Waals surface area contributed by atoms with E-state index in [9.17, 15) is 14.4 Å². The molecule has 0 unspecified atom stereocenters. The summed E-state index contributed by atoms with van der Waals surface area (Å²) >= 11 is 1.07. The van der Waals surface area contributed by atoms with E-state index in [0.29, 0.717) is 17.0 Å². The minimum Gasteiger partial charge on any atom is -0.491 e. The van der Waals surface area contributed by atoms with Crippen molar-refractivity contribution in [3.63, 3.8) is 0 Å². The van der Waals surface area contributed by atoms with Crippen molar-refractivity contribution in [2.45, 2.75) is 45.2 Å². The maximum absolute atomic E-state index is 14.0. The molecule has 1 atom stereocenters. The fraction of sp³-hybridized carbons (Fsp3) is 0.304. The number of hydrogen-bond acceptors (Lipinski definition) is 6. The van der Waals surface area contributed by atoms with E-state index >= 15 is 0 Å². The SMILES string of the molecule is CC(=O)NC1=NN(C(C)=O)[C@]2(S1)C(=O)N(Cc1ccccc1OC(C)C)c1ccccc12. The molecule has 8 nitrogen and oxygen atoms in total. The van der Waals surface area contributed by atoms with Crippen LogP contribution < -0.4 is 15.0 Å². The number of anilines is 1. The van der Waals surface area contributed by atoms with Gasteiger partial charge in [-0.2, -0.15) is 5.01 Å². The number of thioether (sulfide) groups is 1. The predicted molar refractivity (Wildman–Crippen MR) is 123 cm³/mol. The van der Waals surface area contributed by atoms with Gasteiger partial charge in [-0.25, -0.2) is 0 Å². The zero-order valence-corrected chi connectivity index (χ0v) is 19.1. The number of ether oxygens (including phenoxy) is 1. The number of carbonyl (C=O) groups excluding carboxylic acids is 3. The fourth-order valence-corrected chi connectivity index (χ4v) is 5.23. The molecule has 0 aromatic heterocycles. The van der Waals surface area contributed by atoms with E-state index in [-0.39, 0.29) is 29.6 Å². The third-order valence-corrected chi connectivity index (χ3v) is 6.31. The van der Waals surface area contributed by atoms with Crippen LogP contribution in [0.1, 0.15) is 38.8 Å². The zero-order valence-electron chi connectivity index (χ0n) is 18.3. The Hall–Kier alpha value is -3.33. The molecule has 0 fully saturated rings. The maximum atomic E-state index is 14.0. The molecule has 2 aliphatic heterocycles. The third-order valence-electron chi connectivity index (χ3n) is 5.07. The summed E-state index contributed by atoms with van der Waals surface area (Å²) in [7, 11) is 0. The first-order chi connectivity index (χ1) is 15.2. The second-order valence-electron chi connectivity index (χ2n) is 7.85. The number of amidine groups is 1. The number of carbonyl (C=O) groups is 3. The van der Waals surface area contributed by atoms with Crippen LogP contribution in [0.25, 0.3) is 0 Å². The van der Waals surface area contributed by atoms with Crippen molar-refractivity contribution in [2.75, 3.05) is 4.90 Å². The van der Waals surface area contributed by atoms with Crippen LogP contribution in [0.3, 0.4) is 0 Å². The van der Waals surface area contributed by atoms with Crippen LogP contribution >= 0.6 is 11.8 Å². The van der Waals surface area contributed by atoms with Crippen LogP contribution in [0, 0.1) is 0 Å². The second kappa shape index (κ2) is 8.31. The number of hydrazone groups is 1. The lowest BCUT2D eigenvalue weighted by atomic mass is 10.1. The van der Waals surface area contributed by atoms with Gasteiger partial charge in [0.2, 0.25) is 16.7 Å². The van der Waals surface area contributed by atoms with Gasteiger partial charge in [0, 0.05) is 25.0 Å². The van der Waals surface area contributed by atoms with E-state index in [1.54, 1.807) is 4.90 Å². The molecule has 2 aromatic carbocycles. The molecule has 1 N–H and O–H groups in total. The standard InChI is InChI=1S/C23H24N4O4S/c1-14(2)31-20-12-8-5-9-17(20)13-26-19-11-7-6-10-18(19)23(21(26)30)27(16(4)29)25-22(32-23)24-15(3)28/h5-12,14H,13H2,1-4H3,(H,24,25,28)/t23-/m1/s1. The van der Waals surface area contributed by atoms with Gasteiger partial charge in [-0.05, 0) is 37.7 Å². The summed E-state index contributed by atoms with van der Waals surface area (Å²) in [5.41, 5.74) is 2.19. The van der Waals surface area contributed by atoms with Gasteiger partial charge < -0.3 is 15.0 Å². The highest BCUT2D eigenvalue weighted by Gasteiger charge is 2.61. The quantitative estimate of drug-likeness (QED) is 0.769. The largest absolute Gasteiger partial charge is 0.491 e. The van der Waals surface area contributed by atoms with Crippen LogP contribution in [-0.4, -0.2) is 34.0 Å². The van der Waals surface area contributed by atoms with E-state index in [0.717, 1.165) is 17.3 Å². The molecule has 1 spiro atoms. The Morgan fingerprint density at radius 2 is 1.81 bits per heavy atom. The van der Waals surface area contributed by atoms with Gasteiger partial charge in [0.15, 0.2) is 5.17 Å². The molecule has 0 bridgehead atoms. The molecule has 2 heterocycles. The molecule has 4 rings (SSSR count). The maximum Gasteiger partial charge on any atom is 0.271 e. The van der Waals surface area contributed by atoms with Crippen molar-refractivity contribution >= 4 is 40.3 Å². The van der Waals surface area contributed by atoms with E-state index in [2.05, 4.69) is 10.4 Å². The lowest BCUT2D eigenvalue weighted by molar-refractivity contribution is -0.139. The number of amides is 3. The molecule has 2 aliphatic rings. The van der Waals surface area contributed by atoms with E-state index in [1.165, 1.54) is 18.9 Å². The van der Waals surface area contributed by atoms with Crippen molar-refractivity contribution < 1.29 is 19.1 Å². The first-order valence-corrected chi connectivity index (χ1v) is 11.1. The third kappa shape index (κ3) is 3.62. The van der Waals surface area contributed by atoms with Gasteiger partial charge in [-0.1, -0.05) is 36.4 Å². The van der Waals surface area contributed by atoms with Crippen LogP contribution in [0.5, 0.6) is 5.75 Å². The summed E-state index contributed by atoms with van der Waals surface area (Å²) in [6.45, 7) is 6.87. The number of rotatable bonds is 4. The summed E-state index contributed by atoms with van der Waals surface area (Å²) in [5.74, 6) is -0.327. The predicted octanol–water partition coefficient (Wildman–Crippen LogP) is 3.18. The minimum absolute atomic E-state index is 0.0173. The summed E-state index contributed by atoms with van der Waals surface area (Å²) in [5, 5.41) is 8.26. The summed E-state index contributed by atoms with van der Waals surface area (Å²) in [6.07, 6.45) is -0.0173.